The van der Waals surface area contributed by atoms with Crippen LogP contribution in [-0.2, 0) is 0 Å². The van der Waals surface area contributed by atoms with Gasteiger partial charge in [0.1, 0.15) is 0 Å². The zero-order valence-electron chi connectivity index (χ0n) is 12.1. The minimum absolute atomic E-state index is 0.251. The normalized spacial score (nSPS) is 16.2. The minimum atomic E-state index is 0.251. The van der Waals surface area contributed by atoms with E-state index in [1.165, 1.54) is 31.2 Å². The number of Topliss-reactive ketones (excluding diaryl/α,β-unsaturated/α-hetero) is 1. The molecule has 2 rings (SSSR count). The average molecular weight is 259 g/mol. The third kappa shape index (κ3) is 4.17. The minimum Gasteiger partial charge on any atom is -0.314 e. The molecule has 0 unspecified atom stereocenters. The predicted molar refractivity (Wildman–Crippen MR) is 79.7 cm³/mol. The highest BCUT2D eigenvalue weighted by atomic mass is 16.1. The lowest BCUT2D eigenvalue weighted by molar-refractivity contribution is 0.0981. The van der Waals surface area contributed by atoms with E-state index in [-0.39, 0.29) is 5.78 Å². The Morgan fingerprint density at radius 3 is 2.42 bits per heavy atom. The van der Waals surface area contributed by atoms with Gasteiger partial charge in [-0.3, -0.25) is 4.79 Å². The lowest BCUT2D eigenvalue weighted by atomic mass is 10.00. The first-order valence-corrected chi connectivity index (χ1v) is 7.53. The fourth-order valence-corrected chi connectivity index (χ4v) is 2.72. The van der Waals surface area contributed by atoms with Gasteiger partial charge in [0.2, 0.25) is 0 Å². The van der Waals surface area contributed by atoms with E-state index in [0.717, 1.165) is 12.1 Å². The van der Waals surface area contributed by atoms with Gasteiger partial charge in [0.15, 0.2) is 5.78 Å². The number of benzene rings is 1. The number of carbonyl (C=O) groups excluding carboxylic acids is 1. The van der Waals surface area contributed by atoms with Crippen LogP contribution >= 0.6 is 0 Å². The molecule has 0 bridgehead atoms. The van der Waals surface area contributed by atoms with Crippen molar-refractivity contribution >= 4 is 5.78 Å². The summed E-state index contributed by atoms with van der Waals surface area (Å²) < 4.78 is 0. The molecule has 2 heteroatoms. The molecule has 1 aromatic rings. The van der Waals surface area contributed by atoms with Crippen molar-refractivity contribution < 1.29 is 4.79 Å². The molecule has 0 aromatic heterocycles. The molecule has 1 aromatic carbocycles. The van der Waals surface area contributed by atoms with E-state index in [0.29, 0.717) is 18.4 Å². The van der Waals surface area contributed by atoms with Gasteiger partial charge < -0.3 is 5.32 Å². The van der Waals surface area contributed by atoms with Gasteiger partial charge in [0.05, 0.1) is 0 Å². The maximum absolute atomic E-state index is 12.1. The first kappa shape index (κ1) is 14.3. The Hall–Kier alpha value is -1.15. The summed E-state index contributed by atoms with van der Waals surface area (Å²) in [5.74, 6) is 0.772. The Morgan fingerprint density at radius 1 is 1.21 bits per heavy atom. The zero-order chi connectivity index (χ0) is 13.7. The highest BCUT2D eigenvalue weighted by molar-refractivity contribution is 5.96. The second-order valence-corrected chi connectivity index (χ2v) is 5.89. The summed E-state index contributed by atoms with van der Waals surface area (Å²) >= 11 is 0. The van der Waals surface area contributed by atoms with E-state index < -0.39 is 0 Å². The van der Waals surface area contributed by atoms with Crippen LogP contribution in [0, 0.1) is 0 Å². The molecule has 1 aliphatic rings. The Bertz CT molecular complexity index is 402. The Labute approximate surface area is 116 Å². The molecule has 0 spiro atoms. The van der Waals surface area contributed by atoms with E-state index in [9.17, 15) is 4.79 Å². The topological polar surface area (TPSA) is 29.1 Å². The average Bonchev–Trinajstić information content (AvgIpc) is 2.92. The van der Waals surface area contributed by atoms with Crippen molar-refractivity contribution in [3.63, 3.8) is 0 Å². The van der Waals surface area contributed by atoms with Gasteiger partial charge in [-0.2, -0.15) is 0 Å². The molecule has 0 atom stereocenters. The second kappa shape index (κ2) is 6.85. The number of hydrogen-bond acceptors (Lipinski definition) is 2. The highest BCUT2D eigenvalue weighted by Gasteiger charge is 2.14. The molecule has 0 heterocycles. The Balaban J connectivity index is 1.78. The number of rotatable bonds is 6. The Morgan fingerprint density at radius 2 is 1.84 bits per heavy atom. The zero-order valence-corrected chi connectivity index (χ0v) is 12.1. The molecule has 19 heavy (non-hydrogen) atoms. The third-order valence-electron chi connectivity index (χ3n) is 4.04. The fourth-order valence-electron chi connectivity index (χ4n) is 2.72. The van der Waals surface area contributed by atoms with Crippen LogP contribution in [0.25, 0.3) is 0 Å². The van der Waals surface area contributed by atoms with Crippen molar-refractivity contribution in [2.24, 2.45) is 0 Å². The second-order valence-electron chi connectivity index (χ2n) is 5.89. The molecular weight excluding hydrogens is 234 g/mol. The Kier molecular flexibility index (Phi) is 5.15. The van der Waals surface area contributed by atoms with Crippen molar-refractivity contribution in [3.05, 3.63) is 35.4 Å². The number of ketones is 1. The summed E-state index contributed by atoms with van der Waals surface area (Å²) in [6, 6.07) is 8.72. The monoisotopic (exact) mass is 259 g/mol. The number of carbonyl (C=O) groups is 1. The van der Waals surface area contributed by atoms with Crippen LogP contribution in [0.15, 0.2) is 24.3 Å². The van der Waals surface area contributed by atoms with E-state index in [1.807, 2.05) is 12.1 Å². The van der Waals surface area contributed by atoms with Crippen LogP contribution in [0.2, 0.25) is 0 Å². The first-order valence-electron chi connectivity index (χ1n) is 7.53. The van der Waals surface area contributed by atoms with Crippen molar-refractivity contribution in [1.82, 2.24) is 5.32 Å². The van der Waals surface area contributed by atoms with Crippen molar-refractivity contribution in [2.75, 3.05) is 6.54 Å². The van der Waals surface area contributed by atoms with Gasteiger partial charge in [-0.05, 0) is 24.3 Å². The molecule has 2 nitrogen and oxygen atoms in total. The number of nitrogens with one attached hydrogen (secondary N) is 1. The summed E-state index contributed by atoms with van der Waals surface area (Å²) in [5, 5.41) is 3.49. The van der Waals surface area contributed by atoms with Crippen LogP contribution in [0.4, 0.5) is 0 Å². The van der Waals surface area contributed by atoms with Crippen LogP contribution in [0.5, 0.6) is 0 Å². The van der Waals surface area contributed by atoms with Gasteiger partial charge in [0, 0.05) is 24.6 Å². The summed E-state index contributed by atoms with van der Waals surface area (Å²) in [4.78, 5) is 12.1. The predicted octanol–water partition coefficient (Wildman–Crippen LogP) is 3.92. The standard InChI is InChI=1S/C17H25NO/c1-13(2)14-7-9-15(10-8-14)17(19)11-12-18-16-5-3-4-6-16/h7-10,13,16,18H,3-6,11-12H2,1-2H3. The van der Waals surface area contributed by atoms with Gasteiger partial charge in [-0.25, -0.2) is 0 Å². The summed E-state index contributed by atoms with van der Waals surface area (Å²) in [6.07, 6.45) is 5.83. The maximum Gasteiger partial charge on any atom is 0.164 e. The summed E-state index contributed by atoms with van der Waals surface area (Å²) in [7, 11) is 0. The van der Waals surface area contributed by atoms with Crippen molar-refractivity contribution in [2.45, 2.75) is 57.9 Å². The fraction of sp³-hybridized carbons (Fsp3) is 0.588. The van der Waals surface area contributed by atoms with Gasteiger partial charge in [0.25, 0.3) is 0 Å². The molecule has 1 aliphatic carbocycles. The summed E-state index contributed by atoms with van der Waals surface area (Å²) in [6.45, 7) is 5.15. The third-order valence-corrected chi connectivity index (χ3v) is 4.04. The molecule has 1 fully saturated rings. The molecule has 1 N–H and O–H groups in total. The number of hydrogen-bond donors (Lipinski definition) is 1. The van der Waals surface area contributed by atoms with Crippen LogP contribution in [0.1, 0.15) is 67.8 Å². The first-order chi connectivity index (χ1) is 9.16. The summed E-state index contributed by atoms with van der Waals surface area (Å²) in [5.41, 5.74) is 2.14. The van der Waals surface area contributed by atoms with Crippen LogP contribution in [-0.4, -0.2) is 18.4 Å². The van der Waals surface area contributed by atoms with Gasteiger partial charge in [-0.15, -0.1) is 0 Å². The molecule has 1 saturated carbocycles. The molecular formula is C17H25NO. The van der Waals surface area contributed by atoms with Gasteiger partial charge >= 0.3 is 0 Å². The molecule has 0 radical (unpaired) electrons. The van der Waals surface area contributed by atoms with E-state index in [4.69, 9.17) is 0 Å². The molecule has 0 amide bonds. The highest BCUT2D eigenvalue weighted by Crippen LogP contribution is 2.18. The molecule has 104 valence electrons. The largest absolute Gasteiger partial charge is 0.314 e. The van der Waals surface area contributed by atoms with Crippen LogP contribution in [0.3, 0.4) is 0 Å². The van der Waals surface area contributed by atoms with E-state index >= 15 is 0 Å². The smallest absolute Gasteiger partial charge is 0.164 e. The molecule has 0 aliphatic heterocycles. The van der Waals surface area contributed by atoms with Gasteiger partial charge in [-0.1, -0.05) is 51.0 Å². The van der Waals surface area contributed by atoms with Crippen molar-refractivity contribution in [1.29, 1.82) is 0 Å². The molecule has 0 saturated heterocycles. The van der Waals surface area contributed by atoms with Crippen LogP contribution < -0.4 is 5.32 Å². The van der Waals surface area contributed by atoms with E-state index in [2.05, 4.69) is 31.3 Å². The lowest BCUT2D eigenvalue weighted by Crippen LogP contribution is -2.28. The SMILES string of the molecule is CC(C)c1ccc(C(=O)CCNC2CCCC2)cc1. The van der Waals surface area contributed by atoms with E-state index in [1.54, 1.807) is 0 Å². The lowest BCUT2D eigenvalue weighted by Gasteiger charge is -2.11. The van der Waals surface area contributed by atoms with Crippen molar-refractivity contribution in [3.8, 4) is 0 Å². The quantitative estimate of drug-likeness (QED) is 0.785. The maximum atomic E-state index is 12.1.